The van der Waals surface area contributed by atoms with Crippen molar-refractivity contribution < 1.29 is 39.4 Å². The van der Waals surface area contributed by atoms with Crippen molar-refractivity contribution in [2.75, 3.05) is 19.8 Å². The van der Waals surface area contributed by atoms with Crippen LogP contribution in [0.3, 0.4) is 0 Å². The molecule has 8 nitrogen and oxygen atoms in total. The van der Waals surface area contributed by atoms with Crippen LogP contribution >= 0.6 is 0 Å². The van der Waals surface area contributed by atoms with E-state index in [0.717, 1.165) is 12.8 Å². The average Bonchev–Trinajstić information content (AvgIpc) is 3.50. The van der Waals surface area contributed by atoms with E-state index < -0.39 is 43.3 Å². The van der Waals surface area contributed by atoms with Gasteiger partial charge in [0.15, 0.2) is 12.4 Å². The number of esters is 1. The van der Waals surface area contributed by atoms with E-state index in [9.17, 15) is 20.1 Å². The van der Waals surface area contributed by atoms with Crippen LogP contribution in [0.4, 0.5) is 0 Å². The van der Waals surface area contributed by atoms with Gasteiger partial charge in [0, 0.05) is 6.42 Å². The minimum atomic E-state index is -1.69. The second-order valence-corrected chi connectivity index (χ2v) is 11.6. The molecule has 1 fully saturated rings. The van der Waals surface area contributed by atoms with Crippen LogP contribution in [0.2, 0.25) is 0 Å². The van der Waals surface area contributed by atoms with Crippen LogP contribution in [0.1, 0.15) is 148 Å². The van der Waals surface area contributed by atoms with Crippen molar-refractivity contribution in [3.63, 3.8) is 0 Å². The molecule has 1 rings (SSSR count). The molecular weight excluding hydrogens is 512 g/mol. The van der Waals surface area contributed by atoms with Crippen molar-refractivity contribution >= 4 is 5.97 Å². The molecular formula is C32H62O8. The van der Waals surface area contributed by atoms with Crippen molar-refractivity contribution in [3.8, 4) is 0 Å². The van der Waals surface area contributed by atoms with Gasteiger partial charge in [-0.1, -0.05) is 135 Å². The van der Waals surface area contributed by atoms with Gasteiger partial charge in [-0.05, 0) is 6.42 Å². The molecule has 4 atom stereocenters. The van der Waals surface area contributed by atoms with Crippen LogP contribution in [-0.4, -0.2) is 76.9 Å². The third kappa shape index (κ3) is 18.6. The SMILES string of the molecule is CCCCCCCCCCCCCCCCCCCCCCCC(=O)O[C@@H](C1OCCO1)[C@@H](O)[C@@H](O)[C@H](O)CO. The summed E-state index contributed by atoms with van der Waals surface area (Å²) in [6, 6.07) is 0. The highest BCUT2D eigenvalue weighted by Gasteiger charge is 2.41. The van der Waals surface area contributed by atoms with Crippen molar-refractivity contribution in [2.24, 2.45) is 0 Å². The largest absolute Gasteiger partial charge is 0.454 e. The molecule has 1 aliphatic rings. The summed E-state index contributed by atoms with van der Waals surface area (Å²) in [5.41, 5.74) is 0. The van der Waals surface area contributed by atoms with Crippen molar-refractivity contribution in [1.29, 1.82) is 0 Å². The number of rotatable bonds is 28. The Balaban J connectivity index is 1.94. The molecule has 0 amide bonds. The first-order valence-corrected chi connectivity index (χ1v) is 16.6. The Morgan fingerprint density at radius 2 is 1.02 bits per heavy atom. The maximum Gasteiger partial charge on any atom is 0.306 e. The van der Waals surface area contributed by atoms with Crippen molar-refractivity contribution in [2.45, 2.75) is 179 Å². The van der Waals surface area contributed by atoms with Gasteiger partial charge in [-0.2, -0.15) is 0 Å². The van der Waals surface area contributed by atoms with E-state index >= 15 is 0 Å². The quantitative estimate of drug-likeness (QED) is 0.0667. The van der Waals surface area contributed by atoms with Gasteiger partial charge in [-0.25, -0.2) is 0 Å². The number of hydrogen-bond acceptors (Lipinski definition) is 8. The summed E-state index contributed by atoms with van der Waals surface area (Å²) in [6.45, 7) is 2.11. The lowest BCUT2D eigenvalue weighted by Crippen LogP contribution is -2.52. The van der Waals surface area contributed by atoms with E-state index in [1.54, 1.807) is 0 Å². The van der Waals surface area contributed by atoms with Crippen molar-refractivity contribution in [3.05, 3.63) is 0 Å². The molecule has 0 aromatic carbocycles. The minimum Gasteiger partial charge on any atom is -0.454 e. The highest BCUT2D eigenvalue weighted by molar-refractivity contribution is 5.69. The standard InChI is InChI=1S/C32H62O8/c1-2-3-4-5-6-7-8-9-10-11-12-13-14-15-16-17-18-19-20-21-22-23-28(35)40-31(32-38-24-25-39-32)30(37)29(36)27(34)26-33/h27,29-34,36-37H,2-26H2,1H3/t27-,29+,30+,31-/m1/s1. The first-order chi connectivity index (χ1) is 19.5. The fourth-order valence-corrected chi connectivity index (χ4v) is 5.29. The van der Waals surface area contributed by atoms with Crippen LogP contribution in [-0.2, 0) is 19.0 Å². The molecule has 0 aromatic rings. The summed E-state index contributed by atoms with van der Waals surface area (Å²) >= 11 is 0. The van der Waals surface area contributed by atoms with Gasteiger partial charge >= 0.3 is 5.97 Å². The van der Waals surface area contributed by atoms with Crippen LogP contribution in [0.15, 0.2) is 0 Å². The summed E-state index contributed by atoms with van der Waals surface area (Å²) in [4.78, 5) is 12.3. The van der Waals surface area contributed by atoms with Gasteiger partial charge in [0.25, 0.3) is 0 Å². The Kier molecular flexibility index (Phi) is 24.1. The molecule has 0 saturated carbocycles. The first-order valence-electron chi connectivity index (χ1n) is 16.6. The lowest BCUT2D eigenvalue weighted by Gasteiger charge is -2.31. The van der Waals surface area contributed by atoms with Crippen LogP contribution in [0, 0.1) is 0 Å². The van der Waals surface area contributed by atoms with Crippen LogP contribution in [0.25, 0.3) is 0 Å². The van der Waals surface area contributed by atoms with Crippen molar-refractivity contribution in [1.82, 2.24) is 0 Å². The molecule has 0 unspecified atom stereocenters. The highest BCUT2D eigenvalue weighted by atomic mass is 16.7. The molecule has 0 radical (unpaired) electrons. The van der Waals surface area contributed by atoms with Gasteiger partial charge in [-0.15, -0.1) is 0 Å². The first kappa shape index (κ1) is 37.3. The molecule has 1 heterocycles. The van der Waals surface area contributed by atoms with Gasteiger partial charge in [0.1, 0.15) is 18.3 Å². The molecule has 8 heteroatoms. The number of hydrogen-bond donors (Lipinski definition) is 4. The van der Waals surface area contributed by atoms with Crippen LogP contribution < -0.4 is 0 Å². The molecule has 0 aliphatic carbocycles. The lowest BCUT2D eigenvalue weighted by atomic mass is 10.0. The fraction of sp³-hybridized carbons (Fsp3) is 0.969. The summed E-state index contributed by atoms with van der Waals surface area (Å²) in [7, 11) is 0. The van der Waals surface area contributed by atoms with Crippen LogP contribution in [0.5, 0.6) is 0 Å². The second kappa shape index (κ2) is 25.9. The Hall–Kier alpha value is -0.770. The second-order valence-electron chi connectivity index (χ2n) is 11.6. The average molecular weight is 575 g/mol. The molecule has 0 spiro atoms. The molecule has 238 valence electrons. The van der Waals surface area contributed by atoms with Gasteiger partial charge in [-0.3, -0.25) is 4.79 Å². The number of carbonyl (C=O) groups is 1. The smallest absolute Gasteiger partial charge is 0.306 e. The third-order valence-corrected chi connectivity index (χ3v) is 7.94. The Morgan fingerprint density at radius 1 is 0.650 bits per heavy atom. The zero-order chi connectivity index (χ0) is 29.3. The summed E-state index contributed by atoms with van der Waals surface area (Å²) in [6.07, 6.45) is 20.3. The Bertz CT molecular complexity index is 569. The van der Waals surface area contributed by atoms with E-state index in [0.29, 0.717) is 6.42 Å². The highest BCUT2D eigenvalue weighted by Crippen LogP contribution is 2.20. The normalized spacial score (nSPS) is 17.1. The summed E-state index contributed by atoms with van der Waals surface area (Å²) < 4.78 is 16.0. The van der Waals surface area contributed by atoms with E-state index in [4.69, 9.17) is 19.3 Å². The predicted octanol–water partition coefficient (Wildman–Crippen LogP) is 5.95. The van der Waals surface area contributed by atoms with Gasteiger partial charge in [0.2, 0.25) is 0 Å². The van der Waals surface area contributed by atoms with E-state index in [2.05, 4.69) is 6.92 Å². The molecule has 1 saturated heterocycles. The number of aliphatic hydroxyl groups is 4. The van der Waals surface area contributed by atoms with E-state index in [-0.39, 0.29) is 19.6 Å². The van der Waals surface area contributed by atoms with Gasteiger partial charge in [0.05, 0.1) is 19.8 Å². The molecule has 4 N–H and O–H groups in total. The number of unbranched alkanes of at least 4 members (excludes halogenated alkanes) is 20. The van der Waals surface area contributed by atoms with E-state index in [1.807, 2.05) is 0 Å². The maximum absolute atomic E-state index is 12.3. The predicted molar refractivity (Wildman–Crippen MR) is 158 cm³/mol. The zero-order valence-corrected chi connectivity index (χ0v) is 25.5. The number of aliphatic hydroxyl groups excluding tert-OH is 4. The monoisotopic (exact) mass is 574 g/mol. The minimum absolute atomic E-state index is 0.202. The number of ether oxygens (including phenoxy) is 3. The summed E-state index contributed by atoms with van der Waals surface area (Å²) in [5, 5.41) is 39.1. The maximum atomic E-state index is 12.3. The fourth-order valence-electron chi connectivity index (χ4n) is 5.29. The number of carbonyl (C=O) groups excluding carboxylic acids is 1. The topological polar surface area (TPSA) is 126 Å². The Morgan fingerprint density at radius 3 is 1.40 bits per heavy atom. The molecule has 40 heavy (non-hydrogen) atoms. The molecule has 0 aromatic heterocycles. The van der Waals surface area contributed by atoms with E-state index in [1.165, 1.54) is 116 Å². The van der Waals surface area contributed by atoms with Gasteiger partial charge < -0.3 is 34.6 Å². The zero-order valence-electron chi connectivity index (χ0n) is 25.5. The third-order valence-electron chi connectivity index (χ3n) is 7.94. The lowest BCUT2D eigenvalue weighted by molar-refractivity contribution is -0.210. The summed E-state index contributed by atoms with van der Waals surface area (Å²) in [5.74, 6) is -0.508. The molecule has 1 aliphatic heterocycles. The molecule has 0 bridgehead atoms. The Labute approximate surface area is 244 Å².